The standard InChI is InChI=1S/C19H26N2O3/c1-18(2)13-9-10-19(18,3)16(11-13)20-21-17(22)12-24-15-7-5-14(23-4)6-8-15/h5-8,13H,9-12H2,1-4H3,(H,21,22)/b20-16-/t13-,19-/m1/s1. The minimum absolute atomic E-state index is 0.0490. The molecule has 2 atom stereocenters. The van der Waals surface area contributed by atoms with Crippen LogP contribution < -0.4 is 14.9 Å². The first-order chi connectivity index (χ1) is 11.4. The lowest BCUT2D eigenvalue weighted by Gasteiger charge is -2.34. The molecule has 0 aliphatic heterocycles. The van der Waals surface area contributed by atoms with Crippen LogP contribution in [0.25, 0.3) is 0 Å². The number of carbonyl (C=O) groups excluding carboxylic acids is 1. The average molecular weight is 330 g/mol. The Kier molecular flexibility index (Phi) is 4.28. The molecule has 2 aliphatic rings. The number of amides is 1. The summed E-state index contributed by atoms with van der Waals surface area (Å²) >= 11 is 0. The van der Waals surface area contributed by atoms with Crippen LogP contribution in [0.5, 0.6) is 11.5 Å². The molecular weight excluding hydrogens is 304 g/mol. The summed E-state index contributed by atoms with van der Waals surface area (Å²) in [4.78, 5) is 12.0. The van der Waals surface area contributed by atoms with Gasteiger partial charge in [0.05, 0.1) is 7.11 Å². The molecule has 1 amide bonds. The molecule has 2 fully saturated rings. The summed E-state index contributed by atoms with van der Waals surface area (Å²) < 4.78 is 10.6. The number of nitrogens with zero attached hydrogens (tertiary/aromatic N) is 1. The van der Waals surface area contributed by atoms with Gasteiger partial charge < -0.3 is 9.47 Å². The van der Waals surface area contributed by atoms with E-state index in [1.807, 2.05) is 0 Å². The Labute approximate surface area is 143 Å². The summed E-state index contributed by atoms with van der Waals surface area (Å²) in [6.07, 6.45) is 3.40. The van der Waals surface area contributed by atoms with Gasteiger partial charge >= 0.3 is 0 Å². The molecule has 0 aromatic heterocycles. The maximum atomic E-state index is 12.0. The van der Waals surface area contributed by atoms with E-state index in [1.54, 1.807) is 31.4 Å². The molecule has 5 nitrogen and oxygen atoms in total. The maximum Gasteiger partial charge on any atom is 0.277 e. The molecule has 0 spiro atoms. The highest BCUT2D eigenvalue weighted by molar-refractivity contribution is 5.95. The van der Waals surface area contributed by atoms with Crippen LogP contribution in [0.3, 0.4) is 0 Å². The first kappa shape index (κ1) is 16.8. The third-order valence-corrected chi connectivity index (χ3v) is 6.26. The zero-order chi connectivity index (χ0) is 17.4. The molecule has 3 rings (SSSR count). The third-order valence-electron chi connectivity index (χ3n) is 6.26. The van der Waals surface area contributed by atoms with Gasteiger partial charge in [-0.25, -0.2) is 5.43 Å². The van der Waals surface area contributed by atoms with Crippen LogP contribution in [0.15, 0.2) is 29.4 Å². The van der Waals surface area contributed by atoms with Gasteiger partial charge in [0.1, 0.15) is 11.5 Å². The molecule has 2 saturated carbocycles. The van der Waals surface area contributed by atoms with Crippen molar-refractivity contribution in [3.63, 3.8) is 0 Å². The molecular formula is C19H26N2O3. The molecule has 1 aromatic carbocycles. The fourth-order valence-electron chi connectivity index (χ4n) is 4.08. The quantitative estimate of drug-likeness (QED) is 0.842. The largest absolute Gasteiger partial charge is 0.497 e. The summed E-state index contributed by atoms with van der Waals surface area (Å²) in [5.74, 6) is 1.83. The summed E-state index contributed by atoms with van der Waals surface area (Å²) in [6.45, 7) is 6.87. The number of nitrogens with one attached hydrogen (secondary N) is 1. The molecule has 2 aliphatic carbocycles. The number of hydrazone groups is 1. The highest BCUT2D eigenvalue weighted by atomic mass is 16.5. The van der Waals surface area contributed by atoms with Crippen LogP contribution in [0.2, 0.25) is 0 Å². The highest BCUT2D eigenvalue weighted by Crippen LogP contribution is 2.63. The molecule has 0 saturated heterocycles. The molecule has 2 bridgehead atoms. The molecule has 0 radical (unpaired) electrons. The van der Waals surface area contributed by atoms with Crippen molar-refractivity contribution in [3.8, 4) is 11.5 Å². The Morgan fingerprint density at radius 2 is 1.92 bits per heavy atom. The molecule has 0 unspecified atom stereocenters. The van der Waals surface area contributed by atoms with Gasteiger partial charge in [-0.15, -0.1) is 0 Å². The Morgan fingerprint density at radius 1 is 1.25 bits per heavy atom. The predicted molar refractivity (Wildman–Crippen MR) is 93.3 cm³/mol. The topological polar surface area (TPSA) is 59.9 Å². The van der Waals surface area contributed by atoms with E-state index < -0.39 is 0 Å². The Morgan fingerprint density at radius 3 is 2.46 bits per heavy atom. The average Bonchev–Trinajstić information content (AvgIpc) is 2.91. The van der Waals surface area contributed by atoms with Crippen molar-refractivity contribution < 1.29 is 14.3 Å². The molecule has 0 heterocycles. The van der Waals surface area contributed by atoms with Crippen LogP contribution in [-0.2, 0) is 4.79 Å². The first-order valence-corrected chi connectivity index (χ1v) is 8.49. The molecule has 1 N–H and O–H groups in total. The minimum atomic E-state index is -0.234. The molecule has 1 aromatic rings. The number of rotatable bonds is 5. The lowest BCUT2D eigenvalue weighted by molar-refractivity contribution is -0.123. The summed E-state index contributed by atoms with van der Waals surface area (Å²) in [6, 6.07) is 7.15. The zero-order valence-electron chi connectivity index (χ0n) is 14.9. The van der Waals surface area contributed by atoms with Crippen molar-refractivity contribution >= 4 is 11.6 Å². The van der Waals surface area contributed by atoms with Crippen LogP contribution in [0.1, 0.15) is 40.0 Å². The summed E-state index contributed by atoms with van der Waals surface area (Å²) in [7, 11) is 1.61. The van der Waals surface area contributed by atoms with Gasteiger partial charge in [-0.05, 0) is 54.9 Å². The smallest absolute Gasteiger partial charge is 0.277 e. The van der Waals surface area contributed by atoms with Crippen molar-refractivity contribution in [2.75, 3.05) is 13.7 Å². The fraction of sp³-hybridized carbons (Fsp3) is 0.579. The fourth-order valence-corrected chi connectivity index (χ4v) is 4.08. The number of hydrogen-bond donors (Lipinski definition) is 1. The normalized spacial score (nSPS) is 28.8. The van der Waals surface area contributed by atoms with E-state index in [0.717, 1.165) is 24.3 Å². The predicted octanol–water partition coefficient (Wildman–Crippen LogP) is 3.39. The monoisotopic (exact) mass is 330 g/mol. The van der Waals surface area contributed by atoms with Gasteiger partial charge in [-0.3, -0.25) is 4.79 Å². The lowest BCUT2D eigenvalue weighted by atomic mass is 9.70. The van der Waals surface area contributed by atoms with Crippen molar-refractivity contribution in [1.29, 1.82) is 0 Å². The zero-order valence-corrected chi connectivity index (χ0v) is 14.9. The Balaban J connectivity index is 1.54. The number of hydrogen-bond acceptors (Lipinski definition) is 4. The van der Waals surface area contributed by atoms with Crippen molar-refractivity contribution in [3.05, 3.63) is 24.3 Å². The van der Waals surface area contributed by atoms with Gasteiger partial charge in [0.15, 0.2) is 6.61 Å². The number of benzene rings is 1. The number of methoxy groups -OCH3 is 1. The van der Waals surface area contributed by atoms with E-state index >= 15 is 0 Å². The second kappa shape index (κ2) is 6.11. The van der Waals surface area contributed by atoms with E-state index in [2.05, 4.69) is 31.3 Å². The highest BCUT2D eigenvalue weighted by Gasteiger charge is 2.59. The number of fused-ring (bicyclic) bond motifs is 2. The Hall–Kier alpha value is -2.04. The van der Waals surface area contributed by atoms with Crippen molar-refractivity contribution in [1.82, 2.24) is 5.43 Å². The summed E-state index contributed by atoms with van der Waals surface area (Å²) in [5.41, 5.74) is 4.15. The minimum Gasteiger partial charge on any atom is -0.497 e. The molecule has 5 heteroatoms. The maximum absolute atomic E-state index is 12.0. The first-order valence-electron chi connectivity index (χ1n) is 8.49. The van der Waals surface area contributed by atoms with Gasteiger partial charge in [0.2, 0.25) is 0 Å². The van der Waals surface area contributed by atoms with Gasteiger partial charge in [0, 0.05) is 11.1 Å². The van der Waals surface area contributed by atoms with E-state index in [1.165, 1.54) is 6.42 Å². The van der Waals surface area contributed by atoms with Crippen LogP contribution in [0.4, 0.5) is 0 Å². The van der Waals surface area contributed by atoms with Gasteiger partial charge in [-0.1, -0.05) is 20.8 Å². The SMILES string of the molecule is COc1ccc(OCC(=O)N/N=C2/C[C@H]3CC[C@@]2(C)C3(C)C)cc1. The van der Waals surface area contributed by atoms with E-state index in [0.29, 0.717) is 11.7 Å². The second-order valence-corrected chi connectivity index (χ2v) is 7.55. The van der Waals surface area contributed by atoms with Crippen LogP contribution >= 0.6 is 0 Å². The Bertz CT molecular complexity index is 651. The third kappa shape index (κ3) is 2.76. The molecule has 24 heavy (non-hydrogen) atoms. The van der Waals surface area contributed by atoms with Gasteiger partial charge in [-0.2, -0.15) is 5.10 Å². The molecule has 130 valence electrons. The number of carbonyl (C=O) groups is 1. The van der Waals surface area contributed by atoms with E-state index in [4.69, 9.17) is 9.47 Å². The number of ether oxygens (including phenoxy) is 2. The lowest BCUT2D eigenvalue weighted by Crippen LogP contribution is -2.35. The summed E-state index contributed by atoms with van der Waals surface area (Å²) in [5, 5.41) is 4.43. The van der Waals surface area contributed by atoms with E-state index in [-0.39, 0.29) is 23.3 Å². The van der Waals surface area contributed by atoms with Gasteiger partial charge in [0.25, 0.3) is 5.91 Å². The van der Waals surface area contributed by atoms with Crippen LogP contribution in [-0.4, -0.2) is 25.3 Å². The van der Waals surface area contributed by atoms with Crippen LogP contribution in [0, 0.1) is 16.7 Å². The van der Waals surface area contributed by atoms with E-state index in [9.17, 15) is 4.79 Å². The van der Waals surface area contributed by atoms with Crippen molar-refractivity contribution in [2.45, 2.75) is 40.0 Å². The second-order valence-electron chi connectivity index (χ2n) is 7.55. The van der Waals surface area contributed by atoms with Crippen molar-refractivity contribution in [2.24, 2.45) is 21.8 Å².